The van der Waals surface area contributed by atoms with Gasteiger partial charge in [0, 0.05) is 35.2 Å². The highest BCUT2D eigenvalue weighted by molar-refractivity contribution is 5.99. The van der Waals surface area contributed by atoms with Crippen LogP contribution in [0.2, 0.25) is 0 Å². The Morgan fingerprint density at radius 1 is 1.09 bits per heavy atom. The number of rotatable bonds is 5. The largest absolute Gasteiger partial charge is 0.345 e. The lowest BCUT2D eigenvalue weighted by Gasteiger charge is -2.09. The molecular formula is C25H23FN6O. The van der Waals surface area contributed by atoms with E-state index in [4.69, 9.17) is 0 Å². The molecule has 1 atom stereocenters. The smallest absolute Gasteiger partial charge is 0.252 e. The van der Waals surface area contributed by atoms with Crippen LogP contribution in [0.25, 0.3) is 22.5 Å². The van der Waals surface area contributed by atoms with Gasteiger partial charge < -0.3 is 10.6 Å². The van der Waals surface area contributed by atoms with Gasteiger partial charge in [0.25, 0.3) is 5.91 Å². The minimum atomic E-state index is -0.399. The molecule has 0 bridgehead atoms. The molecule has 1 amide bonds. The summed E-state index contributed by atoms with van der Waals surface area (Å²) in [5.41, 5.74) is 5.22. The molecule has 0 spiro atoms. The number of hydrogen-bond acceptors (Lipinski definition) is 5. The summed E-state index contributed by atoms with van der Waals surface area (Å²) in [5, 5.41) is 10.7. The first-order chi connectivity index (χ1) is 15.9. The summed E-state index contributed by atoms with van der Waals surface area (Å²) in [6.45, 7) is 6.36. The number of carbonyl (C=O) groups is 1. The van der Waals surface area contributed by atoms with Crippen LogP contribution in [0.4, 0.5) is 16.0 Å². The summed E-state index contributed by atoms with van der Waals surface area (Å²) >= 11 is 0. The van der Waals surface area contributed by atoms with Gasteiger partial charge in [-0.15, -0.1) is 5.10 Å². The average molecular weight is 442 g/mol. The van der Waals surface area contributed by atoms with Crippen molar-refractivity contribution < 1.29 is 9.18 Å². The van der Waals surface area contributed by atoms with E-state index in [0.717, 1.165) is 28.1 Å². The second kappa shape index (κ2) is 8.12. The van der Waals surface area contributed by atoms with Crippen LogP contribution < -0.4 is 10.6 Å². The lowest BCUT2D eigenvalue weighted by atomic mass is 10.0. The van der Waals surface area contributed by atoms with Gasteiger partial charge >= 0.3 is 0 Å². The van der Waals surface area contributed by atoms with Crippen LogP contribution >= 0.6 is 0 Å². The normalized spacial score (nSPS) is 14.8. The molecule has 0 radical (unpaired) electrons. The summed E-state index contributed by atoms with van der Waals surface area (Å²) in [4.78, 5) is 20.8. The molecule has 4 aromatic rings. The molecule has 166 valence electrons. The number of fused-ring (bicyclic) bond motifs is 1. The molecule has 1 aliphatic heterocycles. The standard InChI is InChI=1S/C25H23FN6O/c1-4-32-25(29-18-8-10-19-21(12-18)15(3)28-24(19)33)30-23(31-32)20-9-7-16(11-22(20)26)17-6-5-14(2)27-13-17/h5-13,15H,4H2,1-3H3,(H,28,33)(H,29,30,31). The molecule has 1 aliphatic rings. The first kappa shape index (κ1) is 20.8. The Hall–Kier alpha value is -4.07. The molecule has 1 unspecified atom stereocenters. The minimum absolute atomic E-state index is 0.0507. The first-order valence-corrected chi connectivity index (χ1v) is 10.8. The lowest BCUT2D eigenvalue weighted by molar-refractivity contribution is 0.0958. The van der Waals surface area contributed by atoms with Crippen LogP contribution in [0.1, 0.15) is 41.5 Å². The Labute approximate surface area is 190 Å². The van der Waals surface area contributed by atoms with Gasteiger partial charge in [-0.2, -0.15) is 4.98 Å². The highest BCUT2D eigenvalue weighted by Crippen LogP contribution is 2.30. The molecule has 2 N–H and O–H groups in total. The molecule has 2 aromatic carbocycles. The van der Waals surface area contributed by atoms with Crippen molar-refractivity contribution in [1.29, 1.82) is 0 Å². The van der Waals surface area contributed by atoms with E-state index in [-0.39, 0.29) is 11.9 Å². The van der Waals surface area contributed by atoms with Crippen molar-refractivity contribution in [1.82, 2.24) is 25.1 Å². The number of amides is 1. The number of aromatic nitrogens is 4. The number of halogens is 1. The van der Waals surface area contributed by atoms with Gasteiger partial charge in [0.05, 0.1) is 11.6 Å². The van der Waals surface area contributed by atoms with Crippen molar-refractivity contribution in [3.8, 4) is 22.5 Å². The molecule has 0 fully saturated rings. The predicted octanol–water partition coefficient (Wildman–Crippen LogP) is 5.02. The number of aryl methyl sites for hydroxylation is 2. The van der Waals surface area contributed by atoms with E-state index in [2.05, 4.69) is 25.7 Å². The number of nitrogens with zero attached hydrogens (tertiary/aromatic N) is 4. The summed E-state index contributed by atoms with van der Waals surface area (Å²) in [6.07, 6.45) is 1.73. The number of benzene rings is 2. The molecule has 5 rings (SSSR count). The van der Waals surface area contributed by atoms with E-state index in [1.165, 1.54) is 6.07 Å². The predicted molar refractivity (Wildman–Crippen MR) is 125 cm³/mol. The van der Waals surface area contributed by atoms with Gasteiger partial charge in [-0.3, -0.25) is 9.78 Å². The van der Waals surface area contributed by atoms with Crippen LogP contribution in [0.5, 0.6) is 0 Å². The summed E-state index contributed by atoms with van der Waals surface area (Å²) in [6, 6.07) is 14.3. The van der Waals surface area contributed by atoms with Crippen molar-refractivity contribution in [2.75, 3.05) is 5.32 Å². The maximum atomic E-state index is 15.0. The number of carbonyl (C=O) groups excluding carboxylic acids is 1. The van der Waals surface area contributed by atoms with Crippen LogP contribution in [0, 0.1) is 12.7 Å². The Kier molecular flexibility index (Phi) is 5.12. The zero-order valence-electron chi connectivity index (χ0n) is 18.6. The molecule has 0 saturated carbocycles. The fraction of sp³-hybridized carbons (Fsp3) is 0.200. The molecule has 2 aromatic heterocycles. The lowest BCUT2D eigenvalue weighted by Crippen LogP contribution is -2.16. The number of hydrogen-bond donors (Lipinski definition) is 2. The third-order valence-corrected chi connectivity index (χ3v) is 5.79. The monoisotopic (exact) mass is 442 g/mol. The zero-order valence-corrected chi connectivity index (χ0v) is 18.6. The van der Waals surface area contributed by atoms with Gasteiger partial charge in [-0.05, 0) is 68.3 Å². The van der Waals surface area contributed by atoms with Gasteiger partial charge in [0.2, 0.25) is 5.95 Å². The second-order valence-electron chi connectivity index (χ2n) is 8.08. The van der Waals surface area contributed by atoms with Crippen molar-refractivity contribution in [2.45, 2.75) is 33.4 Å². The van der Waals surface area contributed by atoms with E-state index in [0.29, 0.717) is 29.4 Å². The second-order valence-corrected chi connectivity index (χ2v) is 8.08. The minimum Gasteiger partial charge on any atom is -0.345 e. The fourth-order valence-electron chi connectivity index (χ4n) is 3.97. The Bertz CT molecular complexity index is 1360. The number of anilines is 2. The van der Waals surface area contributed by atoms with Crippen LogP contribution in [-0.4, -0.2) is 25.7 Å². The molecule has 33 heavy (non-hydrogen) atoms. The molecule has 0 aliphatic carbocycles. The highest BCUT2D eigenvalue weighted by Gasteiger charge is 2.25. The number of pyridine rings is 1. The van der Waals surface area contributed by atoms with E-state index in [1.54, 1.807) is 23.0 Å². The summed E-state index contributed by atoms with van der Waals surface area (Å²) < 4.78 is 16.7. The summed E-state index contributed by atoms with van der Waals surface area (Å²) in [5.74, 6) is 0.340. The van der Waals surface area contributed by atoms with Crippen LogP contribution in [-0.2, 0) is 6.54 Å². The quantitative estimate of drug-likeness (QED) is 0.453. The Morgan fingerprint density at radius 2 is 1.88 bits per heavy atom. The van der Waals surface area contributed by atoms with Crippen molar-refractivity contribution in [2.24, 2.45) is 0 Å². The fourth-order valence-corrected chi connectivity index (χ4v) is 3.97. The van der Waals surface area contributed by atoms with E-state index < -0.39 is 5.82 Å². The SMILES string of the molecule is CCn1nc(-c2ccc(-c3ccc(C)nc3)cc2F)nc1Nc1ccc2c(c1)C(C)NC2=O. The van der Waals surface area contributed by atoms with Crippen LogP contribution in [0.15, 0.2) is 54.7 Å². The molecular weight excluding hydrogens is 419 g/mol. The van der Waals surface area contributed by atoms with E-state index in [1.807, 2.05) is 51.1 Å². The van der Waals surface area contributed by atoms with E-state index in [9.17, 15) is 4.79 Å². The van der Waals surface area contributed by atoms with Gasteiger partial charge in [0.15, 0.2) is 5.82 Å². The maximum absolute atomic E-state index is 15.0. The molecule has 8 heteroatoms. The first-order valence-electron chi connectivity index (χ1n) is 10.8. The third kappa shape index (κ3) is 3.84. The average Bonchev–Trinajstić information content (AvgIpc) is 3.34. The summed E-state index contributed by atoms with van der Waals surface area (Å²) in [7, 11) is 0. The van der Waals surface area contributed by atoms with Crippen molar-refractivity contribution >= 4 is 17.5 Å². The topological polar surface area (TPSA) is 84.7 Å². The van der Waals surface area contributed by atoms with Gasteiger partial charge in [-0.25, -0.2) is 9.07 Å². The van der Waals surface area contributed by atoms with Gasteiger partial charge in [0.1, 0.15) is 5.82 Å². The van der Waals surface area contributed by atoms with E-state index >= 15 is 4.39 Å². The number of nitrogens with one attached hydrogen (secondary N) is 2. The Balaban J connectivity index is 1.44. The van der Waals surface area contributed by atoms with Crippen LogP contribution in [0.3, 0.4) is 0 Å². The molecule has 3 heterocycles. The zero-order chi connectivity index (χ0) is 23.1. The maximum Gasteiger partial charge on any atom is 0.252 e. The Morgan fingerprint density at radius 3 is 2.61 bits per heavy atom. The third-order valence-electron chi connectivity index (χ3n) is 5.79. The highest BCUT2D eigenvalue weighted by atomic mass is 19.1. The van der Waals surface area contributed by atoms with Crippen molar-refractivity contribution in [3.63, 3.8) is 0 Å². The molecule has 7 nitrogen and oxygen atoms in total. The van der Waals surface area contributed by atoms with Gasteiger partial charge in [-0.1, -0.05) is 12.1 Å². The van der Waals surface area contributed by atoms with Crippen molar-refractivity contribution in [3.05, 3.63) is 77.4 Å². The molecule has 0 saturated heterocycles.